The van der Waals surface area contributed by atoms with Gasteiger partial charge in [0.25, 0.3) is 5.91 Å². The molecule has 0 aliphatic heterocycles. The number of nitrogens with zero attached hydrogens (tertiary/aromatic N) is 1. The number of nitrogens with one attached hydrogen (secondary N) is 1. The molecule has 0 saturated carbocycles. The lowest BCUT2D eigenvalue weighted by Crippen LogP contribution is -2.40. The van der Waals surface area contributed by atoms with Crippen molar-refractivity contribution >= 4 is 21.8 Å². The Balaban J connectivity index is 2.79. The summed E-state index contributed by atoms with van der Waals surface area (Å²) in [5, 5.41) is 20.3. The molecule has 1 rings (SSSR count). The molecule has 3 N–H and O–H groups in total. The quantitative estimate of drug-likeness (QED) is 0.733. The van der Waals surface area contributed by atoms with Crippen LogP contribution in [0.5, 0.6) is 0 Å². The van der Waals surface area contributed by atoms with Crippen molar-refractivity contribution in [3.05, 3.63) is 22.4 Å². The summed E-state index contributed by atoms with van der Waals surface area (Å²) in [6.07, 6.45) is 1.81. The number of carbonyl (C=O) groups is 1. The van der Waals surface area contributed by atoms with Gasteiger partial charge in [-0.1, -0.05) is 0 Å². The minimum Gasteiger partial charge on any atom is -0.394 e. The summed E-state index contributed by atoms with van der Waals surface area (Å²) in [4.78, 5) is 11.8. The van der Waals surface area contributed by atoms with E-state index >= 15 is 0 Å². The average molecular weight is 291 g/mol. The van der Waals surface area contributed by atoms with E-state index in [1.165, 1.54) is 0 Å². The Morgan fingerprint density at radius 2 is 2.19 bits per heavy atom. The molecule has 1 heterocycles. The van der Waals surface area contributed by atoms with Crippen molar-refractivity contribution in [2.24, 2.45) is 0 Å². The van der Waals surface area contributed by atoms with Crippen LogP contribution in [0.3, 0.4) is 0 Å². The highest BCUT2D eigenvalue weighted by molar-refractivity contribution is 9.10. The molecule has 6 heteroatoms. The molecule has 0 aliphatic carbocycles. The maximum absolute atomic E-state index is 11.8. The number of amides is 1. The van der Waals surface area contributed by atoms with Gasteiger partial charge in [0.15, 0.2) is 0 Å². The number of halogens is 1. The molecular weight excluding hydrogens is 276 g/mol. The molecule has 16 heavy (non-hydrogen) atoms. The Hall–Kier alpha value is -0.850. The van der Waals surface area contributed by atoms with Crippen LogP contribution in [-0.2, 0) is 6.54 Å². The topological polar surface area (TPSA) is 74.5 Å². The molecule has 1 amide bonds. The summed E-state index contributed by atoms with van der Waals surface area (Å²) >= 11 is 3.29. The van der Waals surface area contributed by atoms with Crippen LogP contribution in [0.4, 0.5) is 0 Å². The maximum atomic E-state index is 11.8. The molecule has 1 aromatic heterocycles. The van der Waals surface area contributed by atoms with Gasteiger partial charge in [0, 0.05) is 17.2 Å². The fraction of sp³-hybridized carbons (Fsp3) is 0.500. The predicted octanol–water partition coefficient (Wildman–Crippen LogP) is 0.353. The van der Waals surface area contributed by atoms with E-state index in [4.69, 9.17) is 10.2 Å². The third-order valence-electron chi connectivity index (χ3n) is 2.21. The molecule has 0 aliphatic rings. The lowest BCUT2D eigenvalue weighted by molar-refractivity contribution is 0.0870. The molecule has 0 atom stereocenters. The molecule has 1 aromatic rings. The van der Waals surface area contributed by atoms with Gasteiger partial charge >= 0.3 is 0 Å². The first-order chi connectivity index (χ1) is 7.62. The first kappa shape index (κ1) is 13.2. The van der Waals surface area contributed by atoms with E-state index in [1.54, 1.807) is 10.6 Å². The van der Waals surface area contributed by atoms with Crippen molar-refractivity contribution in [3.8, 4) is 0 Å². The van der Waals surface area contributed by atoms with Crippen LogP contribution in [0.1, 0.15) is 17.4 Å². The zero-order chi connectivity index (χ0) is 12.1. The van der Waals surface area contributed by atoms with Crippen LogP contribution in [0, 0.1) is 0 Å². The van der Waals surface area contributed by atoms with Crippen LogP contribution >= 0.6 is 15.9 Å². The molecule has 0 bridgehead atoms. The molecule has 0 saturated heterocycles. The summed E-state index contributed by atoms with van der Waals surface area (Å²) in [6.45, 7) is 2.04. The number of aromatic nitrogens is 1. The molecular formula is C10H15BrN2O3. The van der Waals surface area contributed by atoms with Crippen molar-refractivity contribution < 1.29 is 15.0 Å². The number of carbonyl (C=O) groups excluding carboxylic acids is 1. The van der Waals surface area contributed by atoms with Crippen molar-refractivity contribution in [3.63, 3.8) is 0 Å². The van der Waals surface area contributed by atoms with Gasteiger partial charge in [0.2, 0.25) is 0 Å². The Kier molecular flexibility index (Phi) is 4.98. The monoisotopic (exact) mass is 290 g/mol. The smallest absolute Gasteiger partial charge is 0.268 e. The van der Waals surface area contributed by atoms with Gasteiger partial charge in [0.1, 0.15) is 5.69 Å². The van der Waals surface area contributed by atoms with Crippen molar-refractivity contribution in [1.82, 2.24) is 9.88 Å². The van der Waals surface area contributed by atoms with E-state index in [0.29, 0.717) is 12.2 Å². The lowest BCUT2D eigenvalue weighted by atomic mass is 10.3. The first-order valence-corrected chi connectivity index (χ1v) is 5.79. The fourth-order valence-corrected chi connectivity index (χ4v) is 1.80. The molecule has 5 nitrogen and oxygen atoms in total. The second-order valence-electron chi connectivity index (χ2n) is 3.37. The van der Waals surface area contributed by atoms with Crippen molar-refractivity contribution in [2.75, 3.05) is 13.2 Å². The highest BCUT2D eigenvalue weighted by Gasteiger charge is 2.15. The number of aliphatic hydroxyl groups excluding tert-OH is 2. The number of rotatable bonds is 5. The van der Waals surface area contributed by atoms with E-state index in [2.05, 4.69) is 21.2 Å². The molecule has 0 aromatic carbocycles. The Bertz CT molecular complexity index is 361. The lowest BCUT2D eigenvalue weighted by Gasteiger charge is -2.14. The number of aryl methyl sites for hydroxylation is 1. The van der Waals surface area contributed by atoms with Crippen molar-refractivity contribution in [2.45, 2.75) is 19.5 Å². The van der Waals surface area contributed by atoms with Crippen LogP contribution in [0.15, 0.2) is 16.7 Å². The highest BCUT2D eigenvalue weighted by atomic mass is 79.9. The largest absolute Gasteiger partial charge is 0.394 e. The second kappa shape index (κ2) is 6.03. The molecule has 0 fully saturated rings. The molecule has 0 radical (unpaired) electrons. The van der Waals surface area contributed by atoms with Crippen molar-refractivity contribution in [1.29, 1.82) is 0 Å². The molecule has 90 valence electrons. The second-order valence-corrected chi connectivity index (χ2v) is 4.28. The van der Waals surface area contributed by atoms with E-state index < -0.39 is 6.04 Å². The van der Waals surface area contributed by atoms with E-state index in [9.17, 15) is 4.79 Å². The van der Waals surface area contributed by atoms with Gasteiger partial charge in [-0.05, 0) is 28.9 Å². The Labute approximate surface area is 102 Å². The van der Waals surface area contributed by atoms with Gasteiger partial charge in [-0.3, -0.25) is 4.79 Å². The summed E-state index contributed by atoms with van der Waals surface area (Å²) in [5.41, 5.74) is 0.501. The van der Waals surface area contributed by atoms with E-state index in [0.717, 1.165) is 4.47 Å². The minimum absolute atomic E-state index is 0.282. The van der Waals surface area contributed by atoms with Gasteiger partial charge in [-0.2, -0.15) is 0 Å². The van der Waals surface area contributed by atoms with Gasteiger partial charge in [-0.25, -0.2) is 0 Å². The minimum atomic E-state index is -0.619. The third kappa shape index (κ3) is 3.07. The normalized spacial score (nSPS) is 10.8. The molecule has 0 spiro atoms. The summed E-state index contributed by atoms with van der Waals surface area (Å²) in [6, 6.07) is 1.08. The third-order valence-corrected chi connectivity index (χ3v) is 2.65. The number of hydrogen-bond acceptors (Lipinski definition) is 3. The Morgan fingerprint density at radius 3 is 2.69 bits per heavy atom. The summed E-state index contributed by atoms with van der Waals surface area (Å²) < 4.78 is 2.61. The zero-order valence-corrected chi connectivity index (χ0v) is 10.6. The molecule has 0 unspecified atom stereocenters. The van der Waals surface area contributed by atoms with E-state index in [-0.39, 0.29) is 19.1 Å². The highest BCUT2D eigenvalue weighted by Crippen LogP contribution is 2.14. The fourth-order valence-electron chi connectivity index (χ4n) is 1.34. The van der Waals surface area contributed by atoms with E-state index in [1.807, 2.05) is 13.1 Å². The van der Waals surface area contributed by atoms with Gasteiger partial charge in [-0.15, -0.1) is 0 Å². The SMILES string of the molecule is CCn1cc(Br)cc1C(=O)NC(CO)CO. The predicted molar refractivity (Wildman–Crippen MR) is 63.2 cm³/mol. The zero-order valence-electron chi connectivity index (χ0n) is 8.98. The van der Waals surface area contributed by atoms with Gasteiger partial charge in [0.05, 0.1) is 19.3 Å². The number of aliphatic hydroxyl groups is 2. The summed E-state index contributed by atoms with van der Waals surface area (Å²) in [5.74, 6) is -0.305. The van der Waals surface area contributed by atoms with Crippen LogP contribution in [0.25, 0.3) is 0 Å². The average Bonchev–Trinajstić information content (AvgIpc) is 2.67. The maximum Gasteiger partial charge on any atom is 0.268 e. The summed E-state index contributed by atoms with van der Waals surface area (Å²) in [7, 11) is 0. The van der Waals surface area contributed by atoms with Crippen LogP contribution < -0.4 is 5.32 Å². The first-order valence-electron chi connectivity index (χ1n) is 5.00. The number of hydrogen-bond donors (Lipinski definition) is 3. The standard InChI is InChI=1S/C10H15BrN2O3/c1-2-13-4-7(11)3-9(13)10(16)12-8(5-14)6-15/h3-4,8,14-15H,2,5-6H2,1H3,(H,12,16). The van der Waals surface area contributed by atoms with Crippen LogP contribution in [-0.4, -0.2) is 39.9 Å². The Morgan fingerprint density at radius 1 is 1.56 bits per heavy atom. The van der Waals surface area contributed by atoms with Gasteiger partial charge < -0.3 is 20.1 Å². The van der Waals surface area contributed by atoms with Crippen LogP contribution in [0.2, 0.25) is 0 Å².